The van der Waals surface area contributed by atoms with Crippen molar-refractivity contribution in [1.82, 2.24) is 10.2 Å². The van der Waals surface area contributed by atoms with E-state index in [-0.39, 0.29) is 18.0 Å². The predicted molar refractivity (Wildman–Crippen MR) is 63.9 cm³/mol. The lowest BCUT2D eigenvalue weighted by atomic mass is 9.96. The van der Waals surface area contributed by atoms with Gasteiger partial charge in [0.05, 0.1) is 6.54 Å². The third-order valence-corrected chi connectivity index (χ3v) is 2.06. The molecule has 0 radical (unpaired) electrons. The first-order valence-corrected chi connectivity index (χ1v) is 5.42. The van der Waals surface area contributed by atoms with Crippen LogP contribution in [0.3, 0.4) is 0 Å². The number of nitrogens with one attached hydrogen (secondary N) is 1. The number of aliphatic carboxylic acids is 1. The molecule has 0 saturated heterocycles. The molecule has 2 amide bonds. The highest BCUT2D eigenvalue weighted by Gasteiger charge is 2.20. The van der Waals surface area contributed by atoms with Gasteiger partial charge in [-0.05, 0) is 5.41 Å². The molecule has 2 N–H and O–H groups in total. The minimum atomic E-state index is -1.09. The molecule has 0 aliphatic carbocycles. The van der Waals surface area contributed by atoms with Gasteiger partial charge < -0.3 is 20.1 Å². The zero-order valence-corrected chi connectivity index (χ0v) is 11.1. The SMILES string of the molecule is COC(CNC(=O)N(C)CC(C)(C)C)C(=O)O. The molecule has 0 heterocycles. The Bertz CT molecular complexity index is 273. The maximum Gasteiger partial charge on any atom is 0.334 e. The van der Waals surface area contributed by atoms with Crippen molar-refractivity contribution in [2.45, 2.75) is 26.9 Å². The Balaban J connectivity index is 4.13. The lowest BCUT2D eigenvalue weighted by Crippen LogP contribution is -2.45. The Morgan fingerprint density at radius 3 is 2.29 bits per heavy atom. The van der Waals surface area contributed by atoms with Gasteiger partial charge in [0.25, 0.3) is 0 Å². The Kier molecular flexibility index (Phi) is 5.95. The molecule has 0 aliphatic heterocycles. The third kappa shape index (κ3) is 6.78. The van der Waals surface area contributed by atoms with Crippen LogP contribution in [0.15, 0.2) is 0 Å². The molecule has 1 atom stereocenters. The molecule has 1 unspecified atom stereocenters. The maximum atomic E-state index is 11.6. The van der Waals surface area contributed by atoms with Crippen LogP contribution in [-0.4, -0.2) is 55.4 Å². The molecule has 0 bridgehead atoms. The summed E-state index contributed by atoms with van der Waals surface area (Å²) in [4.78, 5) is 23.8. The molecule has 0 aromatic carbocycles. The highest BCUT2D eigenvalue weighted by atomic mass is 16.5. The van der Waals surface area contributed by atoms with Crippen molar-refractivity contribution in [2.24, 2.45) is 5.41 Å². The summed E-state index contributed by atoms with van der Waals surface area (Å²) in [7, 11) is 2.97. The van der Waals surface area contributed by atoms with Crippen LogP contribution in [0.2, 0.25) is 0 Å². The van der Waals surface area contributed by atoms with Crippen molar-refractivity contribution < 1.29 is 19.4 Å². The molecule has 0 aromatic rings. The van der Waals surface area contributed by atoms with Crippen LogP contribution in [0, 0.1) is 5.41 Å². The van der Waals surface area contributed by atoms with Crippen LogP contribution in [-0.2, 0) is 9.53 Å². The average molecular weight is 246 g/mol. The molecular formula is C11H22N2O4. The number of urea groups is 1. The number of carbonyl (C=O) groups excluding carboxylic acids is 1. The Morgan fingerprint density at radius 1 is 1.41 bits per heavy atom. The lowest BCUT2D eigenvalue weighted by Gasteiger charge is -2.27. The van der Waals surface area contributed by atoms with E-state index in [1.54, 1.807) is 7.05 Å². The molecule has 0 saturated carbocycles. The number of amides is 2. The van der Waals surface area contributed by atoms with Gasteiger partial charge in [-0.2, -0.15) is 0 Å². The van der Waals surface area contributed by atoms with Crippen molar-refractivity contribution in [1.29, 1.82) is 0 Å². The number of methoxy groups -OCH3 is 1. The molecule has 0 spiro atoms. The zero-order chi connectivity index (χ0) is 13.6. The summed E-state index contributed by atoms with van der Waals surface area (Å²) in [5.74, 6) is -1.09. The summed E-state index contributed by atoms with van der Waals surface area (Å²) in [6.07, 6.45) is -1.01. The van der Waals surface area contributed by atoms with E-state index in [2.05, 4.69) is 5.32 Å². The van der Waals surface area contributed by atoms with Crippen LogP contribution in [0.5, 0.6) is 0 Å². The Labute approximate surface area is 102 Å². The van der Waals surface area contributed by atoms with Gasteiger partial charge in [0.15, 0.2) is 6.10 Å². The second-order valence-electron chi connectivity index (χ2n) is 5.17. The summed E-state index contributed by atoms with van der Waals surface area (Å²) in [5, 5.41) is 11.2. The van der Waals surface area contributed by atoms with Gasteiger partial charge in [-0.25, -0.2) is 9.59 Å². The number of hydrogen-bond acceptors (Lipinski definition) is 3. The number of nitrogens with zero attached hydrogens (tertiary/aromatic N) is 1. The van der Waals surface area contributed by atoms with Crippen molar-refractivity contribution in [3.8, 4) is 0 Å². The standard InChI is InChI=1S/C11H22N2O4/c1-11(2,3)7-13(4)10(16)12-6-8(17-5)9(14)15/h8H,6-7H2,1-5H3,(H,12,16)(H,14,15). The second-order valence-corrected chi connectivity index (χ2v) is 5.17. The highest BCUT2D eigenvalue weighted by Crippen LogP contribution is 2.13. The molecule has 0 aliphatic rings. The summed E-state index contributed by atoms with van der Waals surface area (Å²) in [6.45, 7) is 6.60. The van der Waals surface area contributed by atoms with Crippen LogP contribution in [0.25, 0.3) is 0 Å². The van der Waals surface area contributed by atoms with Crippen molar-refractivity contribution >= 4 is 12.0 Å². The molecule has 0 fully saturated rings. The number of carboxylic acids is 1. The van der Waals surface area contributed by atoms with Gasteiger partial charge in [0, 0.05) is 20.7 Å². The lowest BCUT2D eigenvalue weighted by molar-refractivity contribution is -0.148. The van der Waals surface area contributed by atoms with Gasteiger partial charge in [-0.1, -0.05) is 20.8 Å². The van der Waals surface area contributed by atoms with Crippen LogP contribution in [0.4, 0.5) is 4.79 Å². The number of hydrogen-bond donors (Lipinski definition) is 2. The first kappa shape index (κ1) is 15.7. The number of rotatable bonds is 5. The fourth-order valence-corrected chi connectivity index (χ4v) is 1.37. The first-order chi connectivity index (χ1) is 7.67. The van der Waals surface area contributed by atoms with Gasteiger partial charge in [0.2, 0.25) is 0 Å². The normalized spacial score (nSPS) is 13.0. The van der Waals surface area contributed by atoms with Crippen molar-refractivity contribution in [3.05, 3.63) is 0 Å². The Morgan fingerprint density at radius 2 is 1.94 bits per heavy atom. The summed E-state index contributed by atoms with van der Waals surface area (Å²) < 4.78 is 4.71. The molecule has 17 heavy (non-hydrogen) atoms. The maximum absolute atomic E-state index is 11.6. The topological polar surface area (TPSA) is 78.9 Å². The van der Waals surface area contributed by atoms with Crippen molar-refractivity contribution in [2.75, 3.05) is 27.2 Å². The molecule has 6 nitrogen and oxygen atoms in total. The fraction of sp³-hybridized carbons (Fsp3) is 0.818. The monoisotopic (exact) mass is 246 g/mol. The molecule has 0 aromatic heterocycles. The second kappa shape index (κ2) is 6.44. The van der Waals surface area contributed by atoms with E-state index in [0.29, 0.717) is 6.54 Å². The summed E-state index contributed by atoms with van der Waals surface area (Å²) in [5.41, 5.74) is -0.000451. The molecular weight excluding hydrogens is 224 g/mol. The van der Waals surface area contributed by atoms with Crippen LogP contribution in [0.1, 0.15) is 20.8 Å². The molecule has 0 rings (SSSR count). The summed E-state index contributed by atoms with van der Waals surface area (Å²) >= 11 is 0. The minimum Gasteiger partial charge on any atom is -0.479 e. The zero-order valence-electron chi connectivity index (χ0n) is 11.1. The predicted octanol–water partition coefficient (Wildman–Crippen LogP) is 0.773. The van der Waals surface area contributed by atoms with Gasteiger partial charge in [-0.3, -0.25) is 0 Å². The quantitative estimate of drug-likeness (QED) is 0.751. The van der Waals surface area contributed by atoms with Gasteiger partial charge >= 0.3 is 12.0 Å². The van der Waals surface area contributed by atoms with Gasteiger partial charge in [-0.15, -0.1) is 0 Å². The van der Waals surface area contributed by atoms with E-state index < -0.39 is 12.1 Å². The van der Waals surface area contributed by atoms with Gasteiger partial charge in [0.1, 0.15) is 0 Å². The van der Waals surface area contributed by atoms with E-state index in [9.17, 15) is 9.59 Å². The molecule has 6 heteroatoms. The van der Waals surface area contributed by atoms with E-state index in [4.69, 9.17) is 9.84 Å². The van der Waals surface area contributed by atoms with E-state index in [1.165, 1.54) is 12.0 Å². The smallest absolute Gasteiger partial charge is 0.334 e. The number of ether oxygens (including phenoxy) is 1. The summed E-state index contributed by atoms with van der Waals surface area (Å²) in [6, 6.07) is -0.303. The molecule has 100 valence electrons. The fourth-order valence-electron chi connectivity index (χ4n) is 1.37. The average Bonchev–Trinajstić information content (AvgIpc) is 2.15. The van der Waals surface area contributed by atoms with Crippen LogP contribution < -0.4 is 5.32 Å². The number of carbonyl (C=O) groups is 2. The first-order valence-electron chi connectivity index (χ1n) is 5.42. The van der Waals surface area contributed by atoms with E-state index in [0.717, 1.165) is 0 Å². The Hall–Kier alpha value is -1.30. The number of carboxylic acid groups (broad SMARTS) is 1. The largest absolute Gasteiger partial charge is 0.479 e. The van der Waals surface area contributed by atoms with Crippen molar-refractivity contribution in [3.63, 3.8) is 0 Å². The van der Waals surface area contributed by atoms with E-state index in [1.807, 2.05) is 20.8 Å². The highest BCUT2D eigenvalue weighted by molar-refractivity contribution is 5.76. The van der Waals surface area contributed by atoms with Crippen LogP contribution >= 0.6 is 0 Å². The van der Waals surface area contributed by atoms with E-state index >= 15 is 0 Å². The third-order valence-electron chi connectivity index (χ3n) is 2.06. The minimum absolute atomic E-state index is 0.000451.